The fourth-order valence-corrected chi connectivity index (χ4v) is 2.94. The number of benzene rings is 1. The largest absolute Gasteiger partial charge is 0.440 e. The van der Waals surface area contributed by atoms with Crippen LogP contribution in [-0.2, 0) is 5.41 Å². The number of nitrogens with one attached hydrogen (secondary N) is 1. The van der Waals surface area contributed by atoms with Crippen molar-refractivity contribution in [3.8, 4) is 0 Å². The molecule has 0 atom stereocenters. The zero-order chi connectivity index (χ0) is 12.6. The van der Waals surface area contributed by atoms with Crippen molar-refractivity contribution >= 4 is 11.1 Å². The maximum Gasteiger partial charge on any atom is 0.201 e. The molecule has 1 fully saturated rings. The summed E-state index contributed by atoms with van der Waals surface area (Å²) in [6.07, 6.45) is 3.34. The average Bonchev–Trinajstić information content (AvgIpc) is 2.85. The van der Waals surface area contributed by atoms with E-state index in [1.54, 1.807) is 0 Å². The van der Waals surface area contributed by atoms with Crippen LogP contribution in [0.4, 0.5) is 0 Å². The molecule has 2 aromatic rings. The minimum absolute atomic E-state index is 0.136. The molecule has 3 heteroatoms. The summed E-state index contributed by atoms with van der Waals surface area (Å²) in [6, 6.07) is 6.17. The number of oxazole rings is 1. The van der Waals surface area contributed by atoms with E-state index in [9.17, 15) is 0 Å². The van der Waals surface area contributed by atoms with Crippen LogP contribution in [0.5, 0.6) is 0 Å². The predicted octanol–water partition coefficient (Wildman–Crippen LogP) is 3.17. The lowest BCUT2D eigenvalue weighted by Gasteiger charge is -2.33. The van der Waals surface area contributed by atoms with Crippen molar-refractivity contribution < 1.29 is 4.42 Å². The van der Waals surface area contributed by atoms with Crippen molar-refractivity contribution in [2.75, 3.05) is 13.1 Å². The molecule has 1 aromatic carbocycles. The number of rotatable bonds is 2. The molecule has 18 heavy (non-hydrogen) atoms. The van der Waals surface area contributed by atoms with Crippen molar-refractivity contribution in [1.29, 1.82) is 0 Å². The van der Waals surface area contributed by atoms with E-state index in [1.807, 2.05) is 12.1 Å². The number of hydrogen-bond acceptors (Lipinski definition) is 3. The molecule has 0 saturated carbocycles. The highest BCUT2D eigenvalue weighted by molar-refractivity contribution is 5.76. The lowest BCUT2D eigenvalue weighted by Crippen LogP contribution is -2.39. The molecular weight excluding hydrogens is 224 g/mol. The van der Waals surface area contributed by atoms with E-state index in [0.29, 0.717) is 0 Å². The van der Waals surface area contributed by atoms with Crippen molar-refractivity contribution in [1.82, 2.24) is 10.3 Å². The Morgan fingerprint density at radius 2 is 2.11 bits per heavy atom. The van der Waals surface area contributed by atoms with Gasteiger partial charge in [-0.3, -0.25) is 0 Å². The normalized spacial score (nSPS) is 19.2. The van der Waals surface area contributed by atoms with Crippen molar-refractivity contribution in [2.24, 2.45) is 0 Å². The standard InChI is InChI=1S/C15H20N2O/c1-3-15(7-9-16-10-8-15)14-17-12-6-4-5-11(2)13(12)18-14/h4-6,16H,3,7-10H2,1-2H3. The second-order valence-electron chi connectivity index (χ2n) is 5.33. The fourth-order valence-electron chi connectivity index (χ4n) is 2.94. The Labute approximate surface area is 108 Å². The maximum absolute atomic E-state index is 6.09. The van der Waals surface area contributed by atoms with Gasteiger partial charge in [-0.1, -0.05) is 19.1 Å². The molecule has 96 valence electrons. The second-order valence-corrected chi connectivity index (χ2v) is 5.33. The molecule has 1 aliphatic heterocycles. The van der Waals surface area contributed by atoms with E-state index in [1.165, 1.54) is 5.56 Å². The molecule has 0 spiro atoms. The third-order valence-electron chi connectivity index (χ3n) is 4.30. The van der Waals surface area contributed by atoms with Gasteiger partial charge in [0.15, 0.2) is 5.58 Å². The van der Waals surface area contributed by atoms with Gasteiger partial charge < -0.3 is 9.73 Å². The van der Waals surface area contributed by atoms with E-state index >= 15 is 0 Å². The SMILES string of the molecule is CCC1(c2nc3cccc(C)c3o2)CCNCC1. The third kappa shape index (κ3) is 1.74. The Morgan fingerprint density at radius 1 is 1.33 bits per heavy atom. The predicted molar refractivity (Wildman–Crippen MR) is 72.8 cm³/mol. The molecule has 0 radical (unpaired) electrons. The van der Waals surface area contributed by atoms with Crippen LogP contribution in [0.2, 0.25) is 0 Å². The van der Waals surface area contributed by atoms with Gasteiger partial charge in [-0.2, -0.15) is 0 Å². The van der Waals surface area contributed by atoms with Crippen LogP contribution in [-0.4, -0.2) is 18.1 Å². The quantitative estimate of drug-likeness (QED) is 0.881. The van der Waals surface area contributed by atoms with Crippen LogP contribution in [0.15, 0.2) is 22.6 Å². The molecule has 0 aliphatic carbocycles. The summed E-state index contributed by atoms with van der Waals surface area (Å²) in [5.41, 5.74) is 3.26. The Hall–Kier alpha value is -1.35. The second kappa shape index (κ2) is 4.39. The number of piperidine rings is 1. The van der Waals surface area contributed by atoms with Gasteiger partial charge in [0.2, 0.25) is 5.89 Å². The summed E-state index contributed by atoms with van der Waals surface area (Å²) in [7, 11) is 0. The van der Waals surface area contributed by atoms with Gasteiger partial charge in [0.1, 0.15) is 5.52 Å². The summed E-state index contributed by atoms with van der Waals surface area (Å²) in [5, 5.41) is 3.42. The smallest absolute Gasteiger partial charge is 0.201 e. The molecule has 2 heterocycles. The summed E-state index contributed by atoms with van der Waals surface area (Å²) in [5.74, 6) is 0.941. The molecule has 0 bridgehead atoms. The minimum Gasteiger partial charge on any atom is -0.440 e. The summed E-state index contributed by atoms with van der Waals surface area (Å²) in [6.45, 7) is 6.45. The van der Waals surface area contributed by atoms with Gasteiger partial charge >= 0.3 is 0 Å². The Balaban J connectivity index is 2.09. The molecule has 1 aliphatic rings. The zero-order valence-electron chi connectivity index (χ0n) is 11.1. The number of fused-ring (bicyclic) bond motifs is 1. The van der Waals surface area contributed by atoms with Crippen LogP contribution < -0.4 is 5.32 Å². The minimum atomic E-state index is 0.136. The molecule has 1 N–H and O–H groups in total. The monoisotopic (exact) mass is 244 g/mol. The van der Waals surface area contributed by atoms with E-state index < -0.39 is 0 Å². The van der Waals surface area contributed by atoms with Crippen LogP contribution >= 0.6 is 0 Å². The van der Waals surface area contributed by atoms with Gasteiger partial charge in [-0.15, -0.1) is 0 Å². The Morgan fingerprint density at radius 3 is 2.78 bits per heavy atom. The molecule has 1 aromatic heterocycles. The first-order valence-corrected chi connectivity index (χ1v) is 6.82. The summed E-state index contributed by atoms with van der Waals surface area (Å²) in [4.78, 5) is 4.75. The molecule has 3 nitrogen and oxygen atoms in total. The van der Waals surface area contributed by atoms with Crippen LogP contribution in [0.3, 0.4) is 0 Å². The highest BCUT2D eigenvalue weighted by Crippen LogP contribution is 2.37. The van der Waals surface area contributed by atoms with E-state index in [-0.39, 0.29) is 5.41 Å². The van der Waals surface area contributed by atoms with Gasteiger partial charge in [0, 0.05) is 5.41 Å². The van der Waals surface area contributed by atoms with Crippen molar-refractivity contribution in [3.05, 3.63) is 29.7 Å². The lowest BCUT2D eigenvalue weighted by molar-refractivity contribution is 0.243. The number of nitrogens with zero attached hydrogens (tertiary/aromatic N) is 1. The number of para-hydroxylation sites is 1. The molecule has 3 rings (SSSR count). The van der Waals surface area contributed by atoms with Crippen molar-refractivity contribution in [3.63, 3.8) is 0 Å². The van der Waals surface area contributed by atoms with Crippen molar-refractivity contribution in [2.45, 2.75) is 38.5 Å². The van der Waals surface area contributed by atoms with Gasteiger partial charge in [-0.05, 0) is 50.9 Å². The molecule has 0 amide bonds. The van der Waals surface area contributed by atoms with Gasteiger partial charge in [0.25, 0.3) is 0 Å². The fraction of sp³-hybridized carbons (Fsp3) is 0.533. The van der Waals surface area contributed by atoms with Gasteiger partial charge in [0.05, 0.1) is 0 Å². The highest BCUT2D eigenvalue weighted by Gasteiger charge is 2.36. The topological polar surface area (TPSA) is 38.1 Å². The van der Waals surface area contributed by atoms with Gasteiger partial charge in [-0.25, -0.2) is 4.98 Å². The lowest BCUT2D eigenvalue weighted by atomic mass is 9.76. The summed E-state index contributed by atoms with van der Waals surface area (Å²) < 4.78 is 6.09. The van der Waals surface area contributed by atoms with Crippen LogP contribution in [0.25, 0.3) is 11.1 Å². The molecular formula is C15H20N2O. The summed E-state index contributed by atoms with van der Waals surface area (Å²) >= 11 is 0. The molecule has 0 unspecified atom stereocenters. The average molecular weight is 244 g/mol. The highest BCUT2D eigenvalue weighted by atomic mass is 16.3. The third-order valence-corrected chi connectivity index (χ3v) is 4.30. The first-order chi connectivity index (χ1) is 8.75. The number of hydrogen-bond donors (Lipinski definition) is 1. The van der Waals surface area contributed by atoms with Crippen LogP contribution in [0, 0.1) is 6.92 Å². The Kier molecular flexibility index (Phi) is 2.86. The van der Waals surface area contributed by atoms with Crippen LogP contribution in [0.1, 0.15) is 37.6 Å². The number of aromatic nitrogens is 1. The van der Waals surface area contributed by atoms with E-state index in [2.05, 4.69) is 25.2 Å². The first kappa shape index (κ1) is 11.7. The number of aryl methyl sites for hydroxylation is 1. The molecule has 1 saturated heterocycles. The van der Waals surface area contributed by atoms with E-state index in [0.717, 1.165) is 49.3 Å². The maximum atomic E-state index is 6.09. The first-order valence-electron chi connectivity index (χ1n) is 6.82. The van der Waals surface area contributed by atoms with E-state index in [4.69, 9.17) is 9.40 Å². The zero-order valence-corrected chi connectivity index (χ0v) is 11.1. The Bertz CT molecular complexity index is 553.